The summed E-state index contributed by atoms with van der Waals surface area (Å²) >= 11 is 0. The summed E-state index contributed by atoms with van der Waals surface area (Å²) in [6.45, 7) is 0. The Labute approximate surface area is 85.5 Å². The van der Waals surface area contributed by atoms with Gasteiger partial charge in [0.1, 0.15) is 0 Å². The van der Waals surface area contributed by atoms with Gasteiger partial charge < -0.3 is 5.11 Å². The summed E-state index contributed by atoms with van der Waals surface area (Å²) in [4.78, 5) is 0. The highest BCUT2D eigenvalue weighted by Crippen LogP contribution is 2.52. The number of aliphatic hydroxyl groups excluding tert-OH is 1. The monoisotopic (exact) mass is 216 g/mol. The lowest BCUT2D eigenvalue weighted by molar-refractivity contribution is -0.210. The third-order valence-electron chi connectivity index (χ3n) is 2.81. The minimum absolute atomic E-state index is 0.136. The number of benzene rings is 1. The first-order valence-electron chi connectivity index (χ1n) is 4.80. The van der Waals surface area contributed by atoms with Crippen LogP contribution in [-0.4, -0.2) is 17.4 Å². The second-order valence-electron chi connectivity index (χ2n) is 3.90. The third kappa shape index (κ3) is 2.15. The highest BCUT2D eigenvalue weighted by atomic mass is 19.4. The molecule has 0 spiro atoms. The highest BCUT2D eigenvalue weighted by molar-refractivity contribution is 5.26. The maximum absolute atomic E-state index is 12.2. The number of alkyl halides is 3. The summed E-state index contributed by atoms with van der Waals surface area (Å²) in [5.41, 5.74) is 0.880. The van der Waals surface area contributed by atoms with Crippen LogP contribution in [-0.2, 0) is 0 Å². The first-order valence-corrected chi connectivity index (χ1v) is 4.80. The average molecular weight is 216 g/mol. The van der Waals surface area contributed by atoms with Gasteiger partial charge in [-0.2, -0.15) is 13.2 Å². The zero-order valence-electron chi connectivity index (χ0n) is 7.91. The normalized spacial score (nSPS) is 27.5. The molecule has 1 aromatic carbocycles. The molecular weight excluding hydrogens is 205 g/mol. The predicted molar refractivity (Wildman–Crippen MR) is 49.4 cm³/mol. The predicted octanol–water partition coefficient (Wildman–Crippen LogP) is 2.71. The molecular formula is C11H11F3O. The van der Waals surface area contributed by atoms with Crippen molar-refractivity contribution in [1.29, 1.82) is 0 Å². The Morgan fingerprint density at radius 3 is 2.33 bits per heavy atom. The Bertz CT molecular complexity index is 333. The van der Waals surface area contributed by atoms with Crippen molar-refractivity contribution in [3.63, 3.8) is 0 Å². The second-order valence-corrected chi connectivity index (χ2v) is 3.90. The molecule has 1 saturated carbocycles. The van der Waals surface area contributed by atoms with Gasteiger partial charge in [-0.15, -0.1) is 0 Å². The Morgan fingerprint density at radius 1 is 1.20 bits per heavy atom. The van der Waals surface area contributed by atoms with Crippen molar-refractivity contribution >= 4 is 0 Å². The molecule has 1 aliphatic carbocycles. The van der Waals surface area contributed by atoms with E-state index in [0.29, 0.717) is 6.42 Å². The van der Waals surface area contributed by atoms with Crippen molar-refractivity contribution < 1.29 is 18.3 Å². The Balaban J connectivity index is 2.03. The van der Waals surface area contributed by atoms with Gasteiger partial charge in [-0.1, -0.05) is 30.3 Å². The second kappa shape index (κ2) is 3.52. The minimum Gasteiger partial charge on any atom is -0.383 e. The van der Waals surface area contributed by atoms with Gasteiger partial charge in [0.05, 0.1) is 0 Å². The van der Waals surface area contributed by atoms with Gasteiger partial charge in [-0.3, -0.25) is 0 Å². The maximum Gasteiger partial charge on any atom is 0.414 e. The van der Waals surface area contributed by atoms with Crippen LogP contribution in [0.1, 0.15) is 17.9 Å². The van der Waals surface area contributed by atoms with Crippen LogP contribution in [0.3, 0.4) is 0 Å². The topological polar surface area (TPSA) is 20.2 Å². The van der Waals surface area contributed by atoms with E-state index in [2.05, 4.69) is 0 Å². The summed E-state index contributed by atoms with van der Waals surface area (Å²) < 4.78 is 36.5. The molecule has 0 saturated heterocycles. The van der Waals surface area contributed by atoms with Gasteiger partial charge in [0.25, 0.3) is 0 Å². The standard InChI is InChI=1S/C11H11F3O/c12-11(13,14)10(15)9-6-8(9)7-4-2-1-3-5-7/h1-5,8-10,15H,6H2/t8-,9-,10+/m1/s1. The molecule has 4 heteroatoms. The smallest absolute Gasteiger partial charge is 0.383 e. The zero-order valence-corrected chi connectivity index (χ0v) is 7.91. The van der Waals surface area contributed by atoms with E-state index >= 15 is 0 Å². The van der Waals surface area contributed by atoms with Gasteiger partial charge >= 0.3 is 6.18 Å². The molecule has 82 valence electrons. The lowest BCUT2D eigenvalue weighted by Crippen LogP contribution is -2.30. The molecule has 1 N–H and O–H groups in total. The molecule has 15 heavy (non-hydrogen) atoms. The van der Waals surface area contributed by atoms with Crippen molar-refractivity contribution in [1.82, 2.24) is 0 Å². The fourth-order valence-corrected chi connectivity index (χ4v) is 1.89. The Kier molecular flexibility index (Phi) is 2.46. The molecule has 0 heterocycles. The van der Waals surface area contributed by atoms with E-state index in [0.717, 1.165) is 5.56 Å². The fraction of sp³-hybridized carbons (Fsp3) is 0.455. The van der Waals surface area contributed by atoms with Gasteiger partial charge in [0.2, 0.25) is 0 Å². The van der Waals surface area contributed by atoms with Gasteiger partial charge in [0.15, 0.2) is 6.10 Å². The van der Waals surface area contributed by atoms with Gasteiger partial charge in [-0.05, 0) is 17.9 Å². The number of halogens is 3. The molecule has 0 amide bonds. The molecule has 0 aliphatic heterocycles. The lowest BCUT2D eigenvalue weighted by atomic mass is 10.1. The van der Waals surface area contributed by atoms with E-state index in [1.807, 2.05) is 6.07 Å². The molecule has 0 aromatic heterocycles. The van der Waals surface area contributed by atoms with Crippen LogP contribution in [0.5, 0.6) is 0 Å². The van der Waals surface area contributed by atoms with E-state index < -0.39 is 18.2 Å². The molecule has 3 atom stereocenters. The van der Waals surface area contributed by atoms with Gasteiger partial charge in [0, 0.05) is 5.92 Å². The van der Waals surface area contributed by atoms with Crippen molar-refractivity contribution in [2.24, 2.45) is 5.92 Å². The molecule has 0 unspecified atom stereocenters. The first-order chi connectivity index (χ1) is 7.00. The number of hydrogen-bond donors (Lipinski definition) is 1. The Hall–Kier alpha value is -1.03. The molecule has 0 bridgehead atoms. The molecule has 0 radical (unpaired) electrons. The number of rotatable bonds is 2. The van der Waals surface area contributed by atoms with E-state index in [1.165, 1.54) is 0 Å². The quantitative estimate of drug-likeness (QED) is 0.805. The summed E-state index contributed by atoms with van der Waals surface area (Å²) in [6.07, 6.45) is -6.25. The molecule has 1 aromatic rings. The largest absolute Gasteiger partial charge is 0.414 e. The molecule has 1 aliphatic rings. The lowest BCUT2D eigenvalue weighted by Gasteiger charge is -2.14. The van der Waals surface area contributed by atoms with Crippen molar-refractivity contribution in [2.45, 2.75) is 24.6 Å². The van der Waals surface area contributed by atoms with Crippen LogP contribution in [0.4, 0.5) is 13.2 Å². The van der Waals surface area contributed by atoms with Crippen molar-refractivity contribution in [2.75, 3.05) is 0 Å². The van der Waals surface area contributed by atoms with Crippen LogP contribution in [0.2, 0.25) is 0 Å². The number of aliphatic hydroxyl groups is 1. The van der Waals surface area contributed by atoms with Crippen LogP contribution < -0.4 is 0 Å². The third-order valence-corrected chi connectivity index (χ3v) is 2.81. The number of hydrogen-bond acceptors (Lipinski definition) is 1. The van der Waals surface area contributed by atoms with Crippen LogP contribution in [0.15, 0.2) is 30.3 Å². The molecule has 1 fully saturated rings. The summed E-state index contributed by atoms with van der Waals surface area (Å²) in [5, 5.41) is 9.03. The van der Waals surface area contributed by atoms with E-state index in [9.17, 15) is 13.2 Å². The minimum atomic E-state index is -4.49. The molecule has 1 nitrogen and oxygen atoms in total. The van der Waals surface area contributed by atoms with E-state index in [1.54, 1.807) is 24.3 Å². The van der Waals surface area contributed by atoms with Gasteiger partial charge in [-0.25, -0.2) is 0 Å². The van der Waals surface area contributed by atoms with Crippen molar-refractivity contribution in [3.8, 4) is 0 Å². The first kappa shape index (κ1) is 10.5. The fourth-order valence-electron chi connectivity index (χ4n) is 1.89. The summed E-state index contributed by atoms with van der Waals surface area (Å²) in [7, 11) is 0. The zero-order chi connectivity index (χ0) is 11.1. The SMILES string of the molecule is O[C@@H]([C@@H]1C[C@@H]1c1ccccc1)C(F)(F)F. The van der Waals surface area contributed by atoms with Crippen LogP contribution >= 0.6 is 0 Å². The van der Waals surface area contributed by atoms with E-state index in [-0.39, 0.29) is 5.92 Å². The average Bonchev–Trinajstić information content (AvgIpc) is 2.96. The summed E-state index contributed by atoms with van der Waals surface area (Å²) in [5.74, 6) is -0.796. The van der Waals surface area contributed by atoms with Crippen molar-refractivity contribution in [3.05, 3.63) is 35.9 Å². The maximum atomic E-state index is 12.2. The highest BCUT2D eigenvalue weighted by Gasteiger charge is 2.54. The van der Waals surface area contributed by atoms with Crippen LogP contribution in [0, 0.1) is 5.92 Å². The summed E-state index contributed by atoms with van der Waals surface area (Å²) in [6, 6.07) is 9.01. The Morgan fingerprint density at radius 2 is 1.80 bits per heavy atom. The van der Waals surface area contributed by atoms with Crippen LogP contribution in [0.25, 0.3) is 0 Å². The molecule has 2 rings (SSSR count). The van der Waals surface area contributed by atoms with E-state index in [4.69, 9.17) is 5.11 Å².